The van der Waals surface area contributed by atoms with Crippen molar-refractivity contribution in [2.24, 2.45) is 28.6 Å². The summed E-state index contributed by atoms with van der Waals surface area (Å²) in [5.74, 6) is 2.12. The van der Waals surface area contributed by atoms with Gasteiger partial charge in [0, 0.05) is 12.0 Å². The van der Waals surface area contributed by atoms with Gasteiger partial charge in [0.15, 0.2) is 16.6 Å². The Balaban J connectivity index is 1.66. The van der Waals surface area contributed by atoms with Gasteiger partial charge >= 0.3 is 0 Å². The van der Waals surface area contributed by atoms with Crippen LogP contribution in [-0.2, 0) is 8.85 Å². The molecule has 3 nitrogen and oxygen atoms in total. The van der Waals surface area contributed by atoms with Gasteiger partial charge in [-0.2, -0.15) is 0 Å². The molecule has 1 N–H and O–H groups in total. The fourth-order valence-electron chi connectivity index (χ4n) is 9.27. The zero-order valence-corrected chi connectivity index (χ0v) is 33.1. The molecule has 0 radical (unpaired) electrons. The molecule has 3 fully saturated rings. The maximum atomic E-state index is 13.0. The molecule has 4 aliphatic rings. The molecule has 0 spiro atoms. The van der Waals surface area contributed by atoms with E-state index in [1.807, 2.05) is 0 Å². The molecule has 0 aromatic heterocycles. The van der Waals surface area contributed by atoms with Crippen LogP contribution in [0.2, 0.25) is 36.3 Å². The van der Waals surface area contributed by atoms with Gasteiger partial charge in [-0.1, -0.05) is 86.3 Å². The number of alkyl halides is 1. The first-order chi connectivity index (χ1) is 19.6. The molecule has 4 aliphatic carbocycles. The average Bonchev–Trinajstić information content (AvgIpc) is 3.18. The Morgan fingerprint density at radius 1 is 0.814 bits per heavy atom. The minimum absolute atomic E-state index is 0.146. The molecule has 0 aromatic carbocycles. The minimum atomic E-state index is -1.89. The molecular weight excluding hydrogens is 584 g/mol. The van der Waals surface area contributed by atoms with Crippen molar-refractivity contribution >= 4 is 28.2 Å². The lowest BCUT2D eigenvalue weighted by Gasteiger charge is -2.62. The maximum absolute atomic E-state index is 13.0. The summed E-state index contributed by atoms with van der Waals surface area (Å²) in [7, 11) is -3.74. The molecule has 0 saturated heterocycles. The largest absolute Gasteiger partial charge is 0.414 e. The number of aliphatic hydroxyl groups is 1. The van der Waals surface area contributed by atoms with Crippen LogP contribution in [0, 0.1) is 28.6 Å². The molecule has 8 atom stereocenters. The van der Waals surface area contributed by atoms with Crippen LogP contribution in [0.5, 0.6) is 0 Å². The van der Waals surface area contributed by atoms with Gasteiger partial charge in [0.05, 0.1) is 11.7 Å². The van der Waals surface area contributed by atoms with E-state index in [2.05, 4.69) is 87.7 Å². The topological polar surface area (TPSA) is 38.7 Å². The highest BCUT2D eigenvalue weighted by atomic mass is 35.5. The quantitative estimate of drug-likeness (QED) is 0.110. The van der Waals surface area contributed by atoms with E-state index >= 15 is 0 Å². The summed E-state index contributed by atoms with van der Waals surface area (Å²) in [6, 6.07) is 0. The third-order valence-electron chi connectivity index (χ3n) is 14.1. The maximum Gasteiger partial charge on any atom is 0.192 e. The summed E-state index contributed by atoms with van der Waals surface area (Å²) in [5, 5.41) is 13.4. The van der Waals surface area contributed by atoms with Gasteiger partial charge in [-0.05, 0) is 123 Å². The molecule has 0 aliphatic heterocycles. The zero-order chi connectivity index (χ0) is 32.3. The van der Waals surface area contributed by atoms with Crippen molar-refractivity contribution in [3.63, 3.8) is 0 Å². The van der Waals surface area contributed by atoms with Crippen molar-refractivity contribution in [1.82, 2.24) is 0 Å². The summed E-state index contributed by atoms with van der Waals surface area (Å²) in [6.07, 6.45) is 16.5. The summed E-state index contributed by atoms with van der Waals surface area (Å²) < 4.78 is 14.3. The first kappa shape index (κ1) is 36.2. The first-order valence-electron chi connectivity index (χ1n) is 18.0. The second-order valence-corrected chi connectivity index (χ2v) is 28.8. The van der Waals surface area contributed by atoms with Crippen molar-refractivity contribution in [2.75, 3.05) is 5.88 Å². The van der Waals surface area contributed by atoms with Crippen LogP contribution in [0.3, 0.4) is 0 Å². The molecule has 0 aromatic rings. The smallest absolute Gasteiger partial charge is 0.192 e. The monoisotopic (exact) mass is 652 g/mol. The Bertz CT molecular complexity index is 1010. The zero-order valence-electron chi connectivity index (χ0n) is 30.3. The van der Waals surface area contributed by atoms with E-state index in [4.69, 9.17) is 20.5 Å². The van der Waals surface area contributed by atoms with Crippen LogP contribution in [0.4, 0.5) is 0 Å². The molecule has 43 heavy (non-hydrogen) atoms. The summed E-state index contributed by atoms with van der Waals surface area (Å²) in [5.41, 5.74) is 1.09. The van der Waals surface area contributed by atoms with Crippen molar-refractivity contribution in [3.8, 4) is 0 Å². The van der Waals surface area contributed by atoms with E-state index in [9.17, 15) is 5.11 Å². The van der Waals surface area contributed by atoms with Gasteiger partial charge in [0.25, 0.3) is 0 Å². The average molecular weight is 654 g/mol. The molecule has 250 valence electrons. The van der Waals surface area contributed by atoms with Crippen LogP contribution in [-0.4, -0.2) is 45.4 Å². The number of halogens is 1. The number of rotatable bonds is 10. The second kappa shape index (κ2) is 12.4. The molecular formula is C37H69ClO3Si2. The fraction of sp³-hybridized carbons (Fsp3) is 0.946. The third kappa shape index (κ3) is 6.84. The fourth-order valence-corrected chi connectivity index (χ4v) is 12.3. The highest BCUT2D eigenvalue weighted by Crippen LogP contribution is 2.68. The molecule has 3 saturated carbocycles. The number of fused-ring (bicyclic) bond motifs is 5. The molecule has 6 heteroatoms. The molecule has 0 unspecified atom stereocenters. The highest BCUT2D eigenvalue weighted by Gasteiger charge is 2.65. The predicted octanol–water partition coefficient (Wildman–Crippen LogP) is 11.3. The van der Waals surface area contributed by atoms with Gasteiger partial charge in [-0.3, -0.25) is 0 Å². The summed E-state index contributed by atoms with van der Waals surface area (Å²) in [4.78, 5) is 0. The minimum Gasteiger partial charge on any atom is -0.414 e. The lowest BCUT2D eigenvalue weighted by Crippen LogP contribution is -2.61. The summed E-state index contributed by atoms with van der Waals surface area (Å²) in [6.45, 7) is 28.9. The molecule has 0 heterocycles. The van der Waals surface area contributed by atoms with E-state index in [-0.39, 0.29) is 27.0 Å². The SMILES string of the molecule is CC(C)(C)[Si](C)(C)O[C@H]1CC[C@@]2(C)C(=C[C@](O)(CCCCCCCl)[C@H]3[C@@H]4CC[C@H](O[Si](C)(C)C(C)(C)C)[C@@]4(C)CC[C@@H]32)C1. The van der Waals surface area contributed by atoms with Crippen LogP contribution < -0.4 is 0 Å². The van der Waals surface area contributed by atoms with Gasteiger partial charge in [-0.15, -0.1) is 11.6 Å². The second-order valence-electron chi connectivity index (χ2n) is 18.9. The van der Waals surface area contributed by atoms with E-state index in [1.165, 1.54) is 31.3 Å². The van der Waals surface area contributed by atoms with Gasteiger partial charge < -0.3 is 14.0 Å². The van der Waals surface area contributed by atoms with Crippen molar-refractivity contribution in [3.05, 3.63) is 11.6 Å². The van der Waals surface area contributed by atoms with Gasteiger partial charge in [-0.25, -0.2) is 0 Å². The van der Waals surface area contributed by atoms with E-state index < -0.39 is 22.2 Å². The molecule has 0 bridgehead atoms. The highest BCUT2D eigenvalue weighted by molar-refractivity contribution is 6.74. The predicted molar refractivity (Wildman–Crippen MR) is 190 cm³/mol. The van der Waals surface area contributed by atoms with Crippen LogP contribution >= 0.6 is 11.6 Å². The Hall–Kier alpha value is 0.344. The number of hydrogen-bond donors (Lipinski definition) is 1. The molecule has 4 rings (SSSR count). The Morgan fingerprint density at radius 2 is 1.42 bits per heavy atom. The van der Waals surface area contributed by atoms with Crippen molar-refractivity contribution < 1.29 is 14.0 Å². The summed E-state index contributed by atoms with van der Waals surface area (Å²) >= 11 is 6.01. The van der Waals surface area contributed by atoms with E-state index in [0.717, 1.165) is 57.2 Å². The Kier molecular flexibility index (Phi) is 10.5. The lowest BCUT2D eigenvalue weighted by molar-refractivity contribution is -0.146. The van der Waals surface area contributed by atoms with Gasteiger partial charge in [0.1, 0.15) is 0 Å². The van der Waals surface area contributed by atoms with Crippen LogP contribution in [0.25, 0.3) is 0 Å². The van der Waals surface area contributed by atoms with E-state index in [0.29, 0.717) is 23.9 Å². The number of unbranched alkanes of at least 4 members (excludes halogenated alkanes) is 3. The van der Waals surface area contributed by atoms with Gasteiger partial charge in [0.2, 0.25) is 0 Å². The normalized spacial score (nSPS) is 38.7. The van der Waals surface area contributed by atoms with Crippen LogP contribution in [0.15, 0.2) is 11.6 Å². The molecule has 0 amide bonds. The van der Waals surface area contributed by atoms with E-state index in [1.54, 1.807) is 0 Å². The Labute approximate surface area is 273 Å². The third-order valence-corrected chi connectivity index (χ3v) is 23.4. The van der Waals surface area contributed by atoms with Crippen LogP contribution in [0.1, 0.15) is 132 Å². The number of hydrogen-bond acceptors (Lipinski definition) is 3. The Morgan fingerprint density at radius 3 is 2.02 bits per heavy atom. The standard InChI is InChI=1S/C37H69ClO3Si2/c1-33(2,3)42(9,10)40-28-19-22-35(7)27(25-28)26-37(39,21-15-13-14-16-24-38)32-29-17-18-31(36(29,8)23-20-30(32)35)41-43(11,12)34(4,5)6/h26,28-32,39H,13-25H2,1-12H3/t28-,29-,30-,31-,32-,35-,36-,37+/m0/s1. The van der Waals surface area contributed by atoms with Crippen molar-refractivity contribution in [1.29, 1.82) is 0 Å². The lowest BCUT2D eigenvalue weighted by atomic mass is 9.44. The first-order valence-corrected chi connectivity index (χ1v) is 24.3. The van der Waals surface area contributed by atoms with Crippen molar-refractivity contribution in [2.45, 2.75) is 187 Å².